The van der Waals surface area contributed by atoms with Crippen LogP contribution >= 0.6 is 34.7 Å². The first kappa shape index (κ1) is 22.1. The minimum Gasteiger partial charge on any atom is -0.325 e. The molecule has 0 fully saturated rings. The second-order valence-electron chi connectivity index (χ2n) is 7.93. The van der Waals surface area contributed by atoms with E-state index in [0.29, 0.717) is 28.3 Å². The smallest absolute Gasteiger partial charge is 0.263 e. The van der Waals surface area contributed by atoms with Crippen LogP contribution in [0.4, 0.5) is 5.69 Å². The number of halogens is 1. The number of anilines is 1. The molecule has 1 aromatic carbocycles. The lowest BCUT2D eigenvalue weighted by atomic mass is 9.89. The van der Waals surface area contributed by atoms with Gasteiger partial charge in [-0.15, -0.1) is 17.9 Å². The number of rotatable bonds is 6. The van der Waals surface area contributed by atoms with Crippen LogP contribution in [-0.2, 0) is 24.2 Å². The number of hydrogen-bond donors (Lipinski definition) is 1. The van der Waals surface area contributed by atoms with Crippen LogP contribution in [0.5, 0.6) is 0 Å². The summed E-state index contributed by atoms with van der Waals surface area (Å²) in [5.74, 6) is 0.598. The average Bonchev–Trinajstić information content (AvgIpc) is 3.09. The van der Waals surface area contributed by atoms with Gasteiger partial charge in [0.2, 0.25) is 5.91 Å². The van der Waals surface area contributed by atoms with Crippen LogP contribution in [0, 0.1) is 12.8 Å². The molecule has 31 heavy (non-hydrogen) atoms. The van der Waals surface area contributed by atoms with Crippen LogP contribution in [0.25, 0.3) is 10.2 Å². The summed E-state index contributed by atoms with van der Waals surface area (Å²) in [4.78, 5) is 32.7. The van der Waals surface area contributed by atoms with Crippen molar-refractivity contribution in [2.75, 3.05) is 11.1 Å². The summed E-state index contributed by atoms with van der Waals surface area (Å²) in [6.07, 6.45) is 4.71. The number of aromatic nitrogens is 2. The molecule has 0 aliphatic heterocycles. The number of aryl methyl sites for hydroxylation is 2. The van der Waals surface area contributed by atoms with E-state index < -0.39 is 0 Å². The number of thiophene rings is 1. The molecule has 0 spiro atoms. The zero-order valence-electron chi connectivity index (χ0n) is 17.5. The van der Waals surface area contributed by atoms with Crippen molar-refractivity contribution in [3.05, 3.63) is 62.2 Å². The SMILES string of the molecule is C=CCn1c(SCC(=O)Nc2cc(Cl)ccc2C)nc2sc3c(c2c1=O)CC[C@@H](C)C3. The minimum absolute atomic E-state index is 0.0365. The fourth-order valence-corrected chi connectivity index (χ4v) is 6.25. The van der Waals surface area contributed by atoms with E-state index in [0.717, 1.165) is 35.0 Å². The maximum Gasteiger partial charge on any atom is 0.263 e. The van der Waals surface area contributed by atoms with Crippen molar-refractivity contribution in [3.8, 4) is 0 Å². The first-order chi connectivity index (χ1) is 14.9. The number of hydrogen-bond acceptors (Lipinski definition) is 5. The molecule has 162 valence electrons. The van der Waals surface area contributed by atoms with Crippen molar-refractivity contribution in [1.29, 1.82) is 0 Å². The molecular formula is C23H24ClN3O2S2. The van der Waals surface area contributed by atoms with Crippen molar-refractivity contribution >= 4 is 56.5 Å². The number of carbonyl (C=O) groups excluding carboxylic acids is 1. The summed E-state index contributed by atoms with van der Waals surface area (Å²) in [7, 11) is 0. The van der Waals surface area contributed by atoms with Crippen molar-refractivity contribution in [2.45, 2.75) is 44.8 Å². The number of amides is 1. The van der Waals surface area contributed by atoms with Gasteiger partial charge >= 0.3 is 0 Å². The fourth-order valence-electron chi connectivity index (χ4n) is 3.85. The Morgan fingerprint density at radius 2 is 2.29 bits per heavy atom. The third-order valence-corrected chi connectivity index (χ3v) is 7.86. The minimum atomic E-state index is -0.172. The highest BCUT2D eigenvalue weighted by molar-refractivity contribution is 7.99. The van der Waals surface area contributed by atoms with Gasteiger partial charge in [-0.3, -0.25) is 14.2 Å². The molecule has 2 aromatic heterocycles. The molecule has 0 unspecified atom stereocenters. The number of allylic oxidation sites excluding steroid dienone is 1. The number of benzene rings is 1. The zero-order valence-corrected chi connectivity index (χ0v) is 19.9. The molecule has 0 radical (unpaired) electrons. The van der Waals surface area contributed by atoms with Gasteiger partial charge in [0.05, 0.1) is 11.1 Å². The predicted molar refractivity (Wildman–Crippen MR) is 131 cm³/mol. The molecule has 1 amide bonds. The van der Waals surface area contributed by atoms with Gasteiger partial charge in [0.1, 0.15) is 4.83 Å². The molecule has 1 atom stereocenters. The first-order valence-corrected chi connectivity index (χ1v) is 12.4. The Kier molecular flexibility index (Phi) is 6.55. The third kappa shape index (κ3) is 4.59. The number of carbonyl (C=O) groups is 1. The van der Waals surface area contributed by atoms with Crippen molar-refractivity contribution in [1.82, 2.24) is 9.55 Å². The molecule has 3 aromatic rings. The van der Waals surface area contributed by atoms with Gasteiger partial charge in [-0.1, -0.05) is 42.4 Å². The zero-order chi connectivity index (χ0) is 22.1. The molecular weight excluding hydrogens is 450 g/mol. The van der Waals surface area contributed by atoms with Crippen LogP contribution in [0.1, 0.15) is 29.3 Å². The topological polar surface area (TPSA) is 64.0 Å². The Labute approximate surface area is 194 Å². The summed E-state index contributed by atoms with van der Waals surface area (Å²) in [6.45, 7) is 8.31. The van der Waals surface area contributed by atoms with E-state index in [-0.39, 0.29) is 17.2 Å². The van der Waals surface area contributed by atoms with Gasteiger partial charge in [0.15, 0.2) is 5.16 Å². The second kappa shape index (κ2) is 9.18. The molecule has 5 nitrogen and oxygen atoms in total. The van der Waals surface area contributed by atoms with Crippen molar-refractivity contribution < 1.29 is 4.79 Å². The summed E-state index contributed by atoms with van der Waals surface area (Å²) in [5.41, 5.74) is 2.75. The largest absolute Gasteiger partial charge is 0.325 e. The maximum atomic E-state index is 13.3. The Morgan fingerprint density at radius 1 is 1.48 bits per heavy atom. The number of thioether (sulfide) groups is 1. The van der Waals surface area contributed by atoms with Crippen LogP contribution < -0.4 is 10.9 Å². The number of fused-ring (bicyclic) bond motifs is 3. The van der Waals surface area contributed by atoms with Gasteiger partial charge in [-0.25, -0.2) is 4.98 Å². The monoisotopic (exact) mass is 473 g/mol. The van der Waals surface area contributed by atoms with E-state index in [9.17, 15) is 9.59 Å². The Morgan fingerprint density at radius 3 is 3.06 bits per heavy atom. The molecule has 2 heterocycles. The highest BCUT2D eigenvalue weighted by atomic mass is 35.5. The van der Waals surface area contributed by atoms with E-state index in [1.54, 1.807) is 34.1 Å². The lowest BCUT2D eigenvalue weighted by Crippen LogP contribution is -2.24. The van der Waals surface area contributed by atoms with E-state index >= 15 is 0 Å². The van der Waals surface area contributed by atoms with Crippen LogP contribution in [-0.4, -0.2) is 21.2 Å². The number of nitrogens with one attached hydrogen (secondary N) is 1. The molecule has 0 bridgehead atoms. The molecule has 0 saturated heterocycles. The summed E-state index contributed by atoms with van der Waals surface area (Å²) < 4.78 is 1.63. The Hall–Kier alpha value is -2.09. The normalized spacial score (nSPS) is 15.6. The first-order valence-electron chi connectivity index (χ1n) is 10.2. The lowest BCUT2D eigenvalue weighted by Gasteiger charge is -2.17. The third-order valence-electron chi connectivity index (χ3n) is 5.50. The predicted octanol–water partition coefficient (Wildman–Crippen LogP) is 5.46. The Balaban J connectivity index is 1.61. The lowest BCUT2D eigenvalue weighted by molar-refractivity contribution is -0.113. The van der Waals surface area contributed by atoms with E-state index in [4.69, 9.17) is 16.6 Å². The Bertz CT molecular complexity index is 1230. The maximum absolute atomic E-state index is 13.3. The number of nitrogens with zero attached hydrogens (tertiary/aromatic N) is 2. The van der Waals surface area contributed by atoms with Gasteiger partial charge in [0.25, 0.3) is 5.56 Å². The van der Waals surface area contributed by atoms with Crippen LogP contribution in [0.2, 0.25) is 5.02 Å². The van der Waals surface area contributed by atoms with E-state index in [1.807, 2.05) is 13.0 Å². The van der Waals surface area contributed by atoms with E-state index in [1.165, 1.54) is 22.2 Å². The molecule has 1 aliphatic rings. The second-order valence-corrected chi connectivity index (χ2v) is 10.4. The van der Waals surface area contributed by atoms with Crippen molar-refractivity contribution in [2.24, 2.45) is 5.92 Å². The van der Waals surface area contributed by atoms with E-state index in [2.05, 4.69) is 18.8 Å². The van der Waals surface area contributed by atoms with Crippen LogP contribution in [0.15, 0.2) is 40.8 Å². The highest BCUT2D eigenvalue weighted by Gasteiger charge is 2.24. The van der Waals surface area contributed by atoms with Gasteiger partial charge in [0, 0.05) is 22.1 Å². The van der Waals surface area contributed by atoms with Crippen LogP contribution in [0.3, 0.4) is 0 Å². The molecule has 8 heteroatoms. The molecule has 1 aliphatic carbocycles. The molecule has 1 N–H and O–H groups in total. The van der Waals surface area contributed by atoms with Gasteiger partial charge < -0.3 is 5.32 Å². The molecule has 4 rings (SSSR count). The van der Waals surface area contributed by atoms with Crippen molar-refractivity contribution in [3.63, 3.8) is 0 Å². The standard InChI is InChI=1S/C23H24ClN3O2S2/c1-4-9-27-22(29)20-16-8-5-13(2)10-18(16)31-21(20)26-23(27)30-12-19(28)25-17-11-15(24)7-6-14(17)3/h4,6-7,11,13H,1,5,8-10,12H2,2-3H3,(H,25,28)/t13-/m1/s1. The van der Waals surface area contributed by atoms with Gasteiger partial charge in [-0.05, 0) is 55.4 Å². The average molecular weight is 474 g/mol. The quantitative estimate of drug-likeness (QED) is 0.293. The summed E-state index contributed by atoms with van der Waals surface area (Å²) in [6, 6.07) is 5.38. The highest BCUT2D eigenvalue weighted by Crippen LogP contribution is 2.36. The summed E-state index contributed by atoms with van der Waals surface area (Å²) >= 11 is 8.93. The fraction of sp³-hybridized carbons (Fsp3) is 0.348. The molecule has 0 saturated carbocycles. The summed E-state index contributed by atoms with van der Waals surface area (Å²) in [5, 5.41) is 4.75. The van der Waals surface area contributed by atoms with Gasteiger partial charge in [-0.2, -0.15) is 0 Å².